The number of ether oxygens (including phenoxy) is 1. The van der Waals surface area contributed by atoms with E-state index in [4.69, 9.17) is 4.74 Å². The minimum atomic E-state index is -0.521. The molecule has 0 aliphatic carbocycles. The quantitative estimate of drug-likeness (QED) is 0.583. The number of piperazine rings is 1. The predicted molar refractivity (Wildman–Crippen MR) is 109 cm³/mol. The Balaban J connectivity index is 1.81. The van der Waals surface area contributed by atoms with Gasteiger partial charge < -0.3 is 14.5 Å². The van der Waals surface area contributed by atoms with Crippen LogP contribution in [0.3, 0.4) is 0 Å². The second kappa shape index (κ2) is 7.88. The average molecular weight is 383 g/mol. The van der Waals surface area contributed by atoms with E-state index in [0.29, 0.717) is 26.2 Å². The van der Waals surface area contributed by atoms with Crippen molar-refractivity contribution in [3.05, 3.63) is 58.6 Å². The zero-order chi connectivity index (χ0) is 20.3. The first-order chi connectivity index (χ1) is 13.2. The van der Waals surface area contributed by atoms with Crippen LogP contribution in [0.15, 0.2) is 48.5 Å². The highest BCUT2D eigenvalue weighted by atomic mass is 16.6. The predicted octanol–water partition coefficient (Wildman–Crippen LogP) is 4.32. The fraction of sp³-hybridized carbons (Fsp3) is 0.381. The van der Waals surface area contributed by atoms with Crippen molar-refractivity contribution in [2.75, 3.05) is 31.1 Å². The lowest BCUT2D eigenvalue weighted by Gasteiger charge is -2.37. The zero-order valence-corrected chi connectivity index (χ0v) is 16.4. The number of carbonyl (C=O) groups is 1. The molecular weight excluding hydrogens is 358 g/mol. The van der Waals surface area contributed by atoms with Gasteiger partial charge in [-0.05, 0) is 32.4 Å². The normalized spacial score (nSPS) is 14.7. The lowest BCUT2D eigenvalue weighted by molar-refractivity contribution is -0.384. The van der Waals surface area contributed by atoms with Crippen LogP contribution in [-0.4, -0.2) is 47.7 Å². The molecule has 1 aliphatic rings. The number of nitro groups is 1. The first kappa shape index (κ1) is 19.7. The van der Waals surface area contributed by atoms with Gasteiger partial charge in [-0.2, -0.15) is 0 Å². The Morgan fingerprint density at radius 3 is 2.25 bits per heavy atom. The van der Waals surface area contributed by atoms with E-state index >= 15 is 0 Å². The average Bonchev–Trinajstić information content (AvgIpc) is 2.67. The molecular formula is C21H25N3O4. The topological polar surface area (TPSA) is 75.9 Å². The van der Waals surface area contributed by atoms with Gasteiger partial charge in [-0.15, -0.1) is 0 Å². The van der Waals surface area contributed by atoms with Crippen molar-refractivity contribution in [1.29, 1.82) is 0 Å². The molecule has 1 saturated heterocycles. The van der Waals surface area contributed by atoms with Gasteiger partial charge in [0.25, 0.3) is 5.69 Å². The van der Waals surface area contributed by atoms with Crippen LogP contribution in [-0.2, 0) is 4.74 Å². The molecule has 1 amide bonds. The maximum Gasteiger partial charge on any atom is 0.410 e. The van der Waals surface area contributed by atoms with Crippen LogP contribution in [0.2, 0.25) is 0 Å². The Hall–Kier alpha value is -3.09. The van der Waals surface area contributed by atoms with Gasteiger partial charge in [-0.25, -0.2) is 4.79 Å². The van der Waals surface area contributed by atoms with E-state index in [-0.39, 0.29) is 16.7 Å². The Kier molecular flexibility index (Phi) is 5.53. The molecule has 0 unspecified atom stereocenters. The summed E-state index contributed by atoms with van der Waals surface area (Å²) in [6.45, 7) is 7.91. The minimum absolute atomic E-state index is 0.0648. The molecule has 2 aromatic rings. The van der Waals surface area contributed by atoms with E-state index in [0.717, 1.165) is 16.8 Å². The molecule has 3 rings (SSSR count). The number of hydrogen-bond acceptors (Lipinski definition) is 5. The number of rotatable bonds is 3. The molecule has 0 aromatic heterocycles. The first-order valence-electron chi connectivity index (χ1n) is 9.31. The van der Waals surface area contributed by atoms with Crippen molar-refractivity contribution in [2.45, 2.75) is 26.4 Å². The maximum atomic E-state index is 12.3. The van der Waals surface area contributed by atoms with Crippen LogP contribution in [0, 0.1) is 10.1 Å². The summed E-state index contributed by atoms with van der Waals surface area (Å²) in [5.74, 6) is 0. The van der Waals surface area contributed by atoms with Crippen LogP contribution >= 0.6 is 0 Å². The van der Waals surface area contributed by atoms with E-state index in [2.05, 4.69) is 4.90 Å². The Morgan fingerprint density at radius 1 is 1.04 bits per heavy atom. The summed E-state index contributed by atoms with van der Waals surface area (Å²) in [6.07, 6.45) is -0.306. The second-order valence-electron chi connectivity index (χ2n) is 7.78. The maximum absolute atomic E-state index is 12.3. The van der Waals surface area contributed by atoms with E-state index in [9.17, 15) is 14.9 Å². The summed E-state index contributed by atoms with van der Waals surface area (Å²) < 4.78 is 5.45. The fourth-order valence-corrected chi connectivity index (χ4v) is 3.22. The molecule has 0 atom stereocenters. The minimum Gasteiger partial charge on any atom is -0.444 e. The third kappa shape index (κ3) is 4.60. The standard InChI is InChI=1S/C21H25N3O4/c1-21(2,3)28-20(25)23-13-11-22(12-14-23)19-10-9-17(24(26)27)15-18(19)16-7-5-4-6-8-16/h4-10,15H,11-14H2,1-3H3. The molecule has 1 heterocycles. The lowest BCUT2D eigenvalue weighted by atomic mass is 10.0. The van der Waals surface area contributed by atoms with Gasteiger partial charge in [0, 0.05) is 49.6 Å². The molecule has 0 bridgehead atoms. The van der Waals surface area contributed by atoms with Gasteiger partial charge >= 0.3 is 6.09 Å². The van der Waals surface area contributed by atoms with E-state index in [1.165, 1.54) is 6.07 Å². The van der Waals surface area contributed by atoms with E-state index in [1.54, 1.807) is 17.0 Å². The van der Waals surface area contributed by atoms with Gasteiger partial charge in [-0.3, -0.25) is 10.1 Å². The highest BCUT2D eigenvalue weighted by Crippen LogP contribution is 2.34. The highest BCUT2D eigenvalue weighted by molar-refractivity contribution is 5.81. The van der Waals surface area contributed by atoms with Gasteiger partial charge in [0.1, 0.15) is 5.60 Å². The third-order valence-electron chi connectivity index (χ3n) is 4.55. The number of carbonyl (C=O) groups excluding carboxylic acids is 1. The molecule has 0 radical (unpaired) electrons. The summed E-state index contributed by atoms with van der Waals surface area (Å²) in [6, 6.07) is 14.6. The largest absolute Gasteiger partial charge is 0.444 e. The Labute approximate surface area is 164 Å². The number of nitro benzene ring substituents is 1. The summed E-state index contributed by atoms with van der Waals surface area (Å²) in [5.41, 5.74) is 2.22. The Morgan fingerprint density at radius 2 is 1.68 bits per heavy atom. The summed E-state index contributed by atoms with van der Waals surface area (Å²) in [4.78, 5) is 27.0. The van der Waals surface area contributed by atoms with Gasteiger partial charge in [0.2, 0.25) is 0 Å². The highest BCUT2D eigenvalue weighted by Gasteiger charge is 2.27. The van der Waals surface area contributed by atoms with Gasteiger partial charge in [0.15, 0.2) is 0 Å². The lowest BCUT2D eigenvalue weighted by Crippen LogP contribution is -2.50. The van der Waals surface area contributed by atoms with Crippen LogP contribution < -0.4 is 4.90 Å². The molecule has 1 fully saturated rings. The fourth-order valence-electron chi connectivity index (χ4n) is 3.22. The van der Waals surface area contributed by atoms with Crippen molar-refractivity contribution < 1.29 is 14.5 Å². The van der Waals surface area contributed by atoms with Crippen LogP contribution in [0.5, 0.6) is 0 Å². The van der Waals surface area contributed by atoms with E-state index in [1.807, 2.05) is 51.1 Å². The number of hydrogen-bond donors (Lipinski definition) is 0. The smallest absolute Gasteiger partial charge is 0.410 e. The molecule has 28 heavy (non-hydrogen) atoms. The summed E-state index contributed by atoms with van der Waals surface area (Å²) >= 11 is 0. The number of non-ortho nitro benzene ring substituents is 1. The summed E-state index contributed by atoms with van der Waals surface area (Å²) in [5, 5.41) is 11.2. The van der Waals surface area contributed by atoms with Gasteiger partial charge in [0.05, 0.1) is 4.92 Å². The molecule has 0 N–H and O–H groups in total. The van der Waals surface area contributed by atoms with Crippen molar-refractivity contribution >= 4 is 17.5 Å². The number of nitrogens with zero attached hydrogens (tertiary/aromatic N) is 3. The van der Waals surface area contributed by atoms with Crippen molar-refractivity contribution in [1.82, 2.24) is 4.90 Å². The zero-order valence-electron chi connectivity index (χ0n) is 16.4. The molecule has 0 saturated carbocycles. The summed E-state index contributed by atoms with van der Waals surface area (Å²) in [7, 11) is 0. The number of benzene rings is 2. The molecule has 7 nitrogen and oxygen atoms in total. The SMILES string of the molecule is CC(C)(C)OC(=O)N1CCN(c2ccc([N+](=O)[O-])cc2-c2ccccc2)CC1. The number of anilines is 1. The van der Waals surface area contributed by atoms with E-state index < -0.39 is 5.60 Å². The molecule has 1 aliphatic heterocycles. The Bertz CT molecular complexity index is 854. The molecule has 148 valence electrons. The van der Waals surface area contributed by atoms with Crippen LogP contribution in [0.4, 0.5) is 16.2 Å². The van der Waals surface area contributed by atoms with Crippen LogP contribution in [0.1, 0.15) is 20.8 Å². The monoisotopic (exact) mass is 383 g/mol. The first-order valence-corrected chi connectivity index (χ1v) is 9.31. The molecule has 2 aromatic carbocycles. The second-order valence-corrected chi connectivity index (χ2v) is 7.78. The third-order valence-corrected chi connectivity index (χ3v) is 4.55. The molecule has 7 heteroatoms. The van der Waals surface area contributed by atoms with Crippen molar-refractivity contribution in [3.63, 3.8) is 0 Å². The molecule has 0 spiro atoms. The number of amides is 1. The van der Waals surface area contributed by atoms with Crippen molar-refractivity contribution in [3.8, 4) is 11.1 Å². The van der Waals surface area contributed by atoms with Crippen molar-refractivity contribution in [2.24, 2.45) is 0 Å². The van der Waals surface area contributed by atoms with Gasteiger partial charge in [-0.1, -0.05) is 30.3 Å². The van der Waals surface area contributed by atoms with Crippen LogP contribution in [0.25, 0.3) is 11.1 Å².